The van der Waals surface area contributed by atoms with Crippen molar-refractivity contribution in [3.8, 4) is 0 Å². The number of hydrogen-bond acceptors (Lipinski definition) is 2. The molecular formula is C12H27NO. The minimum atomic E-state index is -0.106. The maximum Gasteiger partial charge on any atom is 0.0580 e. The van der Waals surface area contributed by atoms with Gasteiger partial charge in [-0.3, -0.25) is 0 Å². The molecule has 86 valence electrons. The van der Waals surface area contributed by atoms with Gasteiger partial charge in [-0.1, -0.05) is 40.5 Å². The van der Waals surface area contributed by atoms with Gasteiger partial charge in [0.25, 0.3) is 0 Å². The van der Waals surface area contributed by atoms with Crippen LogP contribution in [0.25, 0.3) is 0 Å². The normalized spacial score (nSPS) is 13.9. The van der Waals surface area contributed by atoms with Gasteiger partial charge in [-0.15, -0.1) is 0 Å². The molecule has 1 N–H and O–H groups in total. The molecule has 0 amide bonds. The van der Waals surface area contributed by atoms with Gasteiger partial charge in [-0.2, -0.15) is 0 Å². The van der Waals surface area contributed by atoms with Crippen molar-refractivity contribution in [2.75, 3.05) is 19.6 Å². The lowest BCUT2D eigenvalue weighted by Crippen LogP contribution is -2.29. The highest BCUT2D eigenvalue weighted by Crippen LogP contribution is 2.15. The molecule has 14 heavy (non-hydrogen) atoms. The van der Waals surface area contributed by atoms with E-state index in [1.165, 1.54) is 0 Å². The van der Waals surface area contributed by atoms with E-state index in [0.29, 0.717) is 5.92 Å². The molecule has 0 heterocycles. The van der Waals surface area contributed by atoms with Crippen molar-refractivity contribution in [1.29, 1.82) is 0 Å². The number of nitrogens with zero attached hydrogens (tertiary/aromatic N) is 1. The Morgan fingerprint density at radius 1 is 1.00 bits per heavy atom. The first-order valence-electron chi connectivity index (χ1n) is 6.09. The molecule has 2 heteroatoms. The fraction of sp³-hybridized carbons (Fsp3) is 1.00. The van der Waals surface area contributed by atoms with Gasteiger partial charge in [0.1, 0.15) is 0 Å². The highest BCUT2D eigenvalue weighted by molar-refractivity contribution is 4.68. The van der Waals surface area contributed by atoms with Crippen molar-refractivity contribution in [2.45, 2.75) is 53.1 Å². The Balaban J connectivity index is 3.75. The second-order valence-electron chi connectivity index (χ2n) is 3.96. The van der Waals surface area contributed by atoms with Crippen molar-refractivity contribution in [3.63, 3.8) is 0 Å². The Labute approximate surface area is 89.3 Å². The van der Waals surface area contributed by atoms with E-state index in [1.807, 2.05) is 0 Å². The SMILES string of the molecule is CCC(CC)C(O)CCN(CC)CC. The van der Waals surface area contributed by atoms with Crippen LogP contribution in [0.4, 0.5) is 0 Å². The van der Waals surface area contributed by atoms with Crippen molar-refractivity contribution in [1.82, 2.24) is 4.90 Å². The zero-order chi connectivity index (χ0) is 11.0. The summed E-state index contributed by atoms with van der Waals surface area (Å²) in [7, 11) is 0. The predicted octanol–water partition coefficient (Wildman–Crippen LogP) is 2.52. The van der Waals surface area contributed by atoms with Crippen LogP contribution in [0.1, 0.15) is 47.0 Å². The fourth-order valence-electron chi connectivity index (χ4n) is 1.92. The maximum atomic E-state index is 9.92. The quantitative estimate of drug-likeness (QED) is 0.652. The second-order valence-corrected chi connectivity index (χ2v) is 3.96. The molecule has 1 atom stereocenters. The molecule has 0 saturated carbocycles. The molecule has 0 aromatic heterocycles. The molecule has 0 aliphatic rings. The average molecular weight is 201 g/mol. The van der Waals surface area contributed by atoms with Crippen LogP contribution in [0.3, 0.4) is 0 Å². The zero-order valence-electron chi connectivity index (χ0n) is 10.3. The van der Waals surface area contributed by atoms with Gasteiger partial charge in [0, 0.05) is 6.54 Å². The summed E-state index contributed by atoms with van der Waals surface area (Å²) in [5.41, 5.74) is 0. The first kappa shape index (κ1) is 13.9. The molecule has 0 saturated heterocycles. The summed E-state index contributed by atoms with van der Waals surface area (Å²) in [6, 6.07) is 0. The molecule has 0 aliphatic carbocycles. The van der Waals surface area contributed by atoms with E-state index in [1.54, 1.807) is 0 Å². The average Bonchev–Trinajstić information content (AvgIpc) is 2.21. The van der Waals surface area contributed by atoms with Crippen molar-refractivity contribution < 1.29 is 5.11 Å². The Morgan fingerprint density at radius 3 is 1.86 bits per heavy atom. The van der Waals surface area contributed by atoms with Gasteiger partial charge in [-0.05, 0) is 25.4 Å². The summed E-state index contributed by atoms with van der Waals surface area (Å²) in [6.45, 7) is 11.9. The molecule has 0 rings (SSSR count). The van der Waals surface area contributed by atoms with E-state index in [4.69, 9.17) is 0 Å². The van der Waals surface area contributed by atoms with Crippen molar-refractivity contribution >= 4 is 0 Å². The van der Waals surface area contributed by atoms with Crippen molar-refractivity contribution in [2.24, 2.45) is 5.92 Å². The smallest absolute Gasteiger partial charge is 0.0580 e. The number of hydrogen-bond donors (Lipinski definition) is 1. The highest BCUT2D eigenvalue weighted by Gasteiger charge is 2.15. The lowest BCUT2D eigenvalue weighted by molar-refractivity contribution is 0.0821. The summed E-state index contributed by atoms with van der Waals surface area (Å²) < 4.78 is 0. The monoisotopic (exact) mass is 201 g/mol. The number of rotatable bonds is 8. The van der Waals surface area contributed by atoms with Crippen LogP contribution in [0, 0.1) is 5.92 Å². The van der Waals surface area contributed by atoms with Crippen molar-refractivity contribution in [3.05, 3.63) is 0 Å². The third-order valence-electron chi connectivity index (χ3n) is 3.23. The predicted molar refractivity (Wildman–Crippen MR) is 62.5 cm³/mol. The number of aliphatic hydroxyl groups excluding tert-OH is 1. The summed E-state index contributed by atoms with van der Waals surface area (Å²) in [5.74, 6) is 0.491. The minimum absolute atomic E-state index is 0.106. The summed E-state index contributed by atoms with van der Waals surface area (Å²) >= 11 is 0. The van der Waals surface area contributed by atoms with Gasteiger partial charge >= 0.3 is 0 Å². The molecule has 0 fully saturated rings. The standard InChI is InChI=1S/C12H27NO/c1-5-11(6-2)12(14)9-10-13(7-3)8-4/h11-12,14H,5-10H2,1-4H3. The van der Waals surface area contributed by atoms with Crippen LogP contribution >= 0.6 is 0 Å². The maximum absolute atomic E-state index is 9.92. The van der Waals surface area contributed by atoms with Crippen LogP contribution in [-0.4, -0.2) is 35.7 Å². The summed E-state index contributed by atoms with van der Waals surface area (Å²) in [4.78, 5) is 2.37. The van der Waals surface area contributed by atoms with E-state index < -0.39 is 0 Å². The van der Waals surface area contributed by atoms with Crippen LogP contribution in [0.2, 0.25) is 0 Å². The summed E-state index contributed by atoms with van der Waals surface area (Å²) in [5, 5.41) is 9.92. The van der Waals surface area contributed by atoms with E-state index in [2.05, 4.69) is 32.6 Å². The van der Waals surface area contributed by atoms with Gasteiger partial charge in [0.05, 0.1) is 6.10 Å². The Hall–Kier alpha value is -0.0800. The first-order valence-corrected chi connectivity index (χ1v) is 6.09. The molecule has 0 aromatic rings. The van der Waals surface area contributed by atoms with E-state index in [9.17, 15) is 5.11 Å². The third-order valence-corrected chi connectivity index (χ3v) is 3.23. The van der Waals surface area contributed by atoms with Crippen LogP contribution in [0.15, 0.2) is 0 Å². The van der Waals surface area contributed by atoms with E-state index >= 15 is 0 Å². The third kappa shape index (κ3) is 4.97. The van der Waals surface area contributed by atoms with Crippen LogP contribution in [-0.2, 0) is 0 Å². The molecule has 0 radical (unpaired) electrons. The first-order chi connectivity index (χ1) is 6.69. The molecule has 0 bridgehead atoms. The van der Waals surface area contributed by atoms with E-state index in [0.717, 1.165) is 38.9 Å². The van der Waals surface area contributed by atoms with Gasteiger partial charge in [-0.25, -0.2) is 0 Å². The van der Waals surface area contributed by atoms with Gasteiger partial charge < -0.3 is 10.0 Å². The lowest BCUT2D eigenvalue weighted by atomic mass is 9.94. The largest absolute Gasteiger partial charge is 0.393 e. The van der Waals surface area contributed by atoms with Crippen LogP contribution in [0.5, 0.6) is 0 Å². The topological polar surface area (TPSA) is 23.5 Å². The fourth-order valence-corrected chi connectivity index (χ4v) is 1.92. The zero-order valence-corrected chi connectivity index (χ0v) is 10.3. The summed E-state index contributed by atoms with van der Waals surface area (Å²) in [6.07, 6.45) is 3.01. The molecule has 0 aliphatic heterocycles. The molecule has 2 nitrogen and oxygen atoms in total. The van der Waals surface area contributed by atoms with Gasteiger partial charge in [0.15, 0.2) is 0 Å². The Bertz CT molecular complexity index is 119. The molecular weight excluding hydrogens is 174 g/mol. The Morgan fingerprint density at radius 2 is 1.50 bits per heavy atom. The lowest BCUT2D eigenvalue weighted by Gasteiger charge is -2.24. The van der Waals surface area contributed by atoms with Gasteiger partial charge in [0.2, 0.25) is 0 Å². The van der Waals surface area contributed by atoms with Crippen LogP contribution < -0.4 is 0 Å². The molecule has 0 spiro atoms. The highest BCUT2D eigenvalue weighted by atomic mass is 16.3. The minimum Gasteiger partial charge on any atom is -0.393 e. The number of aliphatic hydroxyl groups is 1. The second kappa shape index (κ2) is 8.25. The molecule has 1 unspecified atom stereocenters. The van der Waals surface area contributed by atoms with E-state index in [-0.39, 0.29) is 6.10 Å². The molecule has 0 aromatic carbocycles. The Kier molecular flexibility index (Phi) is 8.20.